The Morgan fingerprint density at radius 1 is 1.14 bits per heavy atom. The molecule has 1 amide bonds. The molecule has 1 aromatic carbocycles. The lowest BCUT2D eigenvalue weighted by atomic mass is 10.0. The van der Waals surface area contributed by atoms with E-state index in [2.05, 4.69) is 20.3 Å². The number of carbonyl (C=O) groups is 1. The van der Waals surface area contributed by atoms with E-state index in [1.807, 2.05) is 0 Å². The first-order valence-corrected chi connectivity index (χ1v) is 15.9. The first-order valence-electron chi connectivity index (χ1n) is 12.6. The Labute approximate surface area is 241 Å². The number of aromatic amines is 1. The maximum Gasteiger partial charge on any atom is 0.407 e. The zero-order valence-corrected chi connectivity index (χ0v) is 23.9. The Morgan fingerprint density at radius 2 is 1.81 bits per heavy atom. The van der Waals surface area contributed by atoms with Crippen molar-refractivity contribution >= 4 is 43.7 Å². The topological polar surface area (TPSA) is 313 Å². The minimum atomic E-state index is -4.81. The van der Waals surface area contributed by atoms with Crippen LogP contribution in [0.1, 0.15) is 24.6 Å². The van der Waals surface area contributed by atoms with Gasteiger partial charge in [-0.25, -0.2) is 9.78 Å². The number of benzene rings is 1. The van der Waals surface area contributed by atoms with E-state index in [9.17, 15) is 43.8 Å². The van der Waals surface area contributed by atoms with Gasteiger partial charge in [-0.15, -0.1) is 0 Å². The van der Waals surface area contributed by atoms with Gasteiger partial charge in [0.15, 0.2) is 17.4 Å². The van der Waals surface area contributed by atoms with Crippen LogP contribution in [-0.4, -0.2) is 97.1 Å². The van der Waals surface area contributed by atoms with Gasteiger partial charge in [-0.1, -0.05) is 12.1 Å². The zero-order chi connectivity index (χ0) is 31.7. The van der Waals surface area contributed by atoms with Crippen molar-refractivity contribution in [3.05, 3.63) is 46.5 Å². The largest absolute Gasteiger partial charge is 0.445 e. The quantitative estimate of drug-likeness (QED) is 0.0981. The molecular formula is C22H30N6O13P2. The van der Waals surface area contributed by atoms with E-state index < -0.39 is 69.7 Å². The summed E-state index contributed by atoms with van der Waals surface area (Å²) in [5.74, 6) is -0.235. The number of carbonyl (C=O) groups excluding carboxylic acids is 1. The highest BCUT2D eigenvalue weighted by Crippen LogP contribution is 2.44. The van der Waals surface area contributed by atoms with E-state index in [4.69, 9.17) is 25.0 Å². The van der Waals surface area contributed by atoms with Gasteiger partial charge < -0.3 is 55.4 Å². The molecule has 0 aliphatic carbocycles. The lowest BCUT2D eigenvalue weighted by Crippen LogP contribution is -2.39. The molecule has 21 heteroatoms. The van der Waals surface area contributed by atoms with Crippen LogP contribution in [0.25, 0.3) is 11.2 Å². The monoisotopic (exact) mass is 648 g/mol. The highest BCUT2D eigenvalue weighted by atomic mass is 31.2. The van der Waals surface area contributed by atoms with Gasteiger partial charge in [-0.3, -0.25) is 23.5 Å². The number of aliphatic hydroxyl groups is 3. The Bertz CT molecular complexity index is 1600. The van der Waals surface area contributed by atoms with Crippen molar-refractivity contribution in [2.45, 2.75) is 55.8 Å². The fraction of sp³-hybridized carbons (Fsp3) is 0.455. The summed E-state index contributed by atoms with van der Waals surface area (Å²) < 4.78 is 35.1. The number of anilines is 1. The molecule has 3 aromatic rings. The van der Waals surface area contributed by atoms with Crippen LogP contribution in [0, 0.1) is 0 Å². The van der Waals surface area contributed by atoms with Gasteiger partial charge in [0.1, 0.15) is 24.9 Å². The molecule has 1 aliphatic rings. The van der Waals surface area contributed by atoms with Gasteiger partial charge >= 0.3 is 21.3 Å². The Balaban J connectivity index is 1.32. The summed E-state index contributed by atoms with van der Waals surface area (Å²) in [6.07, 6.45) is -8.09. The van der Waals surface area contributed by atoms with Gasteiger partial charge in [-0.2, -0.15) is 4.98 Å². The number of fused-ring (bicyclic) bond motifs is 1. The van der Waals surface area contributed by atoms with Crippen molar-refractivity contribution < 1.29 is 58.3 Å². The average Bonchev–Trinajstić information content (AvgIpc) is 3.46. The van der Waals surface area contributed by atoms with E-state index in [-0.39, 0.29) is 41.9 Å². The van der Waals surface area contributed by atoms with Crippen LogP contribution in [0.2, 0.25) is 0 Å². The zero-order valence-electron chi connectivity index (χ0n) is 22.1. The smallest absolute Gasteiger partial charge is 0.407 e. The minimum Gasteiger partial charge on any atom is -0.445 e. The van der Waals surface area contributed by atoms with Crippen LogP contribution in [-0.2, 0) is 25.2 Å². The van der Waals surface area contributed by atoms with Crippen molar-refractivity contribution in [3.8, 4) is 0 Å². The molecule has 0 spiro atoms. The van der Waals surface area contributed by atoms with Crippen molar-refractivity contribution in [2.24, 2.45) is 0 Å². The Kier molecular flexibility index (Phi) is 9.72. The number of aliphatic hydroxyl groups excluding tert-OH is 3. The molecule has 0 radical (unpaired) electrons. The second-order valence-electron chi connectivity index (χ2n) is 9.80. The number of alkyl carbamates (subject to hydrolysis) is 1. The second-order valence-corrected chi connectivity index (χ2v) is 13.3. The molecule has 0 saturated carbocycles. The summed E-state index contributed by atoms with van der Waals surface area (Å²) in [6.45, 7) is -0.843. The fourth-order valence-corrected chi connectivity index (χ4v) is 5.82. The third-order valence-corrected chi connectivity index (χ3v) is 9.14. The standard InChI is InChI=1S/C22H30N6O13P2/c23-21-26-18-14(19(32)27-21)25-9-28(18)20-16(31)15(30)17(41-20)13(29)6-5-12(43(37,38)39)7-24-22(33)40-8-10-1-3-11(4-2-10)42(34,35)36/h1-4,9,12-13,15-17,20,29-31H,5-8H2,(H,24,33)(H2,34,35,36)(H2,37,38,39)(H3,23,26,27,32)/t12?,13?,15-,16+,17+,20+/m0/s1. The molecule has 1 aliphatic heterocycles. The van der Waals surface area contributed by atoms with Gasteiger partial charge in [0.05, 0.1) is 23.4 Å². The van der Waals surface area contributed by atoms with Gasteiger partial charge in [0, 0.05) is 6.54 Å². The number of hydrogen-bond acceptors (Lipinski definition) is 12. The predicted molar refractivity (Wildman–Crippen MR) is 146 cm³/mol. The molecule has 236 valence electrons. The fourth-order valence-electron chi connectivity index (χ4n) is 4.47. The lowest BCUT2D eigenvalue weighted by molar-refractivity contribution is -0.0858. The molecule has 11 N–H and O–H groups in total. The molecule has 3 heterocycles. The number of nitrogen functional groups attached to an aromatic ring is 1. The molecule has 2 aromatic heterocycles. The number of imidazole rings is 1. The van der Waals surface area contributed by atoms with E-state index in [1.165, 1.54) is 24.3 Å². The number of nitrogens with one attached hydrogen (secondary N) is 2. The number of rotatable bonds is 11. The second kappa shape index (κ2) is 12.8. The summed E-state index contributed by atoms with van der Waals surface area (Å²) in [5, 5.41) is 33.8. The van der Waals surface area contributed by atoms with E-state index in [1.54, 1.807) is 0 Å². The molecule has 2 unspecified atom stereocenters. The van der Waals surface area contributed by atoms with Gasteiger partial charge in [0.25, 0.3) is 5.56 Å². The van der Waals surface area contributed by atoms with Crippen molar-refractivity contribution in [3.63, 3.8) is 0 Å². The summed E-state index contributed by atoms with van der Waals surface area (Å²) in [5.41, 5.74) is 3.69. The molecule has 4 rings (SSSR count). The van der Waals surface area contributed by atoms with Gasteiger partial charge in [0.2, 0.25) is 5.95 Å². The predicted octanol–water partition coefficient (Wildman–Crippen LogP) is -2.26. The molecule has 1 saturated heterocycles. The summed E-state index contributed by atoms with van der Waals surface area (Å²) >= 11 is 0. The molecule has 43 heavy (non-hydrogen) atoms. The number of H-pyrrole nitrogens is 1. The average molecular weight is 648 g/mol. The summed E-state index contributed by atoms with van der Waals surface area (Å²) in [6, 6.07) is 5.02. The van der Waals surface area contributed by atoms with Crippen LogP contribution >= 0.6 is 15.2 Å². The Hall–Kier alpha value is -3.22. The number of nitrogens with zero attached hydrogens (tertiary/aromatic N) is 3. The normalized spacial score (nSPS) is 22.4. The molecule has 6 atom stereocenters. The summed E-state index contributed by atoms with van der Waals surface area (Å²) in [7, 11) is -9.24. The van der Waals surface area contributed by atoms with E-state index in [0.717, 1.165) is 10.9 Å². The van der Waals surface area contributed by atoms with E-state index >= 15 is 0 Å². The van der Waals surface area contributed by atoms with Crippen molar-refractivity contribution in [1.82, 2.24) is 24.8 Å². The van der Waals surface area contributed by atoms with Gasteiger partial charge in [-0.05, 0) is 30.5 Å². The number of aromatic nitrogens is 4. The Morgan fingerprint density at radius 3 is 2.44 bits per heavy atom. The SMILES string of the molecule is Nc1nc2c(ncn2[C@@H]2O[C@H](C(O)CCC(CNC(=O)OCc3ccc(P(=O)(O)O)cc3)P(=O)(O)O)[C@@H](O)[C@H]2O)c(=O)[nH]1. The lowest BCUT2D eigenvalue weighted by Gasteiger charge is -2.24. The number of ether oxygens (including phenoxy) is 2. The summed E-state index contributed by atoms with van der Waals surface area (Å²) in [4.78, 5) is 72.1. The third-order valence-electron chi connectivity index (χ3n) is 6.78. The van der Waals surface area contributed by atoms with Crippen LogP contribution in [0.5, 0.6) is 0 Å². The highest BCUT2D eigenvalue weighted by Gasteiger charge is 2.47. The number of hydrogen-bond donors (Lipinski definition) is 10. The maximum absolute atomic E-state index is 12.1. The first-order chi connectivity index (χ1) is 20.1. The molecule has 0 bridgehead atoms. The van der Waals surface area contributed by atoms with Crippen LogP contribution < -0.4 is 21.9 Å². The maximum atomic E-state index is 12.1. The molecule has 19 nitrogen and oxygen atoms in total. The minimum absolute atomic E-state index is 0.0506. The highest BCUT2D eigenvalue weighted by molar-refractivity contribution is 7.60. The van der Waals surface area contributed by atoms with Crippen LogP contribution in [0.4, 0.5) is 10.7 Å². The van der Waals surface area contributed by atoms with Crippen molar-refractivity contribution in [2.75, 3.05) is 12.3 Å². The van der Waals surface area contributed by atoms with Crippen LogP contribution in [0.15, 0.2) is 35.4 Å². The van der Waals surface area contributed by atoms with E-state index in [0.29, 0.717) is 5.56 Å². The molecule has 1 fully saturated rings. The third kappa shape index (κ3) is 7.66. The first kappa shape index (κ1) is 32.7. The van der Waals surface area contributed by atoms with Crippen molar-refractivity contribution in [1.29, 1.82) is 0 Å². The molecular weight excluding hydrogens is 618 g/mol. The number of nitrogens with two attached hydrogens (primary N) is 1. The van der Waals surface area contributed by atoms with Crippen LogP contribution in [0.3, 0.4) is 0 Å². The number of amides is 1.